The van der Waals surface area contributed by atoms with Gasteiger partial charge < -0.3 is 34.3 Å². The third-order valence-corrected chi connectivity index (χ3v) is 8.56. The summed E-state index contributed by atoms with van der Waals surface area (Å²) in [6, 6.07) is 7.76. The molecule has 1 amide bonds. The van der Waals surface area contributed by atoms with Crippen LogP contribution in [0, 0.1) is 0 Å². The fraction of sp³-hybridized carbons (Fsp3) is 0.500. The maximum Gasteiger partial charge on any atom is 0.406 e. The minimum atomic E-state index is -4.53. The molecule has 14 heteroatoms. The number of hydrogen-bond acceptors (Lipinski definition) is 7. The molecule has 1 aliphatic carbocycles. The molecule has 0 radical (unpaired) electrons. The van der Waals surface area contributed by atoms with E-state index in [0.29, 0.717) is 48.0 Å². The topological polar surface area (TPSA) is 113 Å². The van der Waals surface area contributed by atoms with E-state index in [1.54, 1.807) is 49.6 Å². The molecule has 0 bridgehead atoms. The molecule has 1 saturated heterocycles. The minimum Gasteiger partial charge on any atom is -0.390 e. The van der Waals surface area contributed by atoms with Gasteiger partial charge in [-0.1, -0.05) is 11.2 Å². The average Bonchev–Trinajstić information content (AvgIpc) is 3.74. The number of hydrogen-bond donors (Lipinski definition) is 3. The number of amides is 1. The van der Waals surface area contributed by atoms with E-state index in [-0.39, 0.29) is 42.4 Å². The van der Waals surface area contributed by atoms with Crippen LogP contribution in [0.25, 0.3) is 22.4 Å². The van der Waals surface area contributed by atoms with E-state index < -0.39 is 30.5 Å². The quantitative estimate of drug-likeness (QED) is 0.241. The Morgan fingerprint density at radius 3 is 2.80 bits per heavy atom. The molecule has 3 aromatic heterocycles. The van der Waals surface area contributed by atoms with Crippen LogP contribution in [0.15, 0.2) is 47.2 Å². The molecule has 4 aromatic rings. The van der Waals surface area contributed by atoms with Crippen molar-refractivity contribution < 1.29 is 32.0 Å². The number of nitrogens with zero attached hydrogens (tertiary/aromatic N) is 5. The zero-order valence-electron chi connectivity index (χ0n) is 24.4. The Hall–Kier alpha value is -3.91. The van der Waals surface area contributed by atoms with Gasteiger partial charge in [0.15, 0.2) is 0 Å². The first-order valence-corrected chi connectivity index (χ1v) is 14.6. The summed E-state index contributed by atoms with van der Waals surface area (Å²) in [7, 11) is 1.85. The lowest BCUT2D eigenvalue weighted by Gasteiger charge is -2.33. The van der Waals surface area contributed by atoms with Crippen LogP contribution in [0.1, 0.15) is 54.9 Å². The van der Waals surface area contributed by atoms with Gasteiger partial charge in [0.2, 0.25) is 11.7 Å². The normalized spacial score (nSPS) is 24.7. The Kier molecular flexibility index (Phi) is 7.91. The summed E-state index contributed by atoms with van der Waals surface area (Å²) in [5.74, 6) is -0.425. The number of alkyl halides is 4. The van der Waals surface area contributed by atoms with Gasteiger partial charge in [0.05, 0.1) is 35.0 Å². The lowest BCUT2D eigenvalue weighted by Crippen LogP contribution is -2.46. The molecule has 44 heavy (non-hydrogen) atoms. The van der Waals surface area contributed by atoms with Crippen LogP contribution < -0.4 is 10.6 Å². The van der Waals surface area contributed by atoms with Crippen LogP contribution in [0.5, 0.6) is 0 Å². The summed E-state index contributed by atoms with van der Waals surface area (Å²) in [6.45, 7) is 1.36. The molecular formula is C30H35F4N7O3. The van der Waals surface area contributed by atoms with Crippen molar-refractivity contribution in [2.24, 2.45) is 0 Å². The van der Waals surface area contributed by atoms with Gasteiger partial charge in [0.25, 0.3) is 5.91 Å². The van der Waals surface area contributed by atoms with Gasteiger partial charge in [-0.25, -0.2) is 4.39 Å². The number of benzene rings is 1. The van der Waals surface area contributed by atoms with Crippen LogP contribution in [-0.4, -0.2) is 79.3 Å². The van der Waals surface area contributed by atoms with Crippen molar-refractivity contribution in [2.45, 2.75) is 75.7 Å². The largest absolute Gasteiger partial charge is 0.406 e. The molecule has 4 heterocycles. The van der Waals surface area contributed by atoms with Crippen LogP contribution in [0.2, 0.25) is 0 Å². The van der Waals surface area contributed by atoms with Gasteiger partial charge in [-0.05, 0) is 63.9 Å². The first kappa shape index (κ1) is 30.1. The van der Waals surface area contributed by atoms with E-state index in [2.05, 4.69) is 20.8 Å². The Balaban J connectivity index is 1.20. The number of carbonyl (C=O) groups excluding carboxylic acids is 1. The number of rotatable bonds is 8. The van der Waals surface area contributed by atoms with Crippen molar-refractivity contribution in [1.82, 2.24) is 29.5 Å². The van der Waals surface area contributed by atoms with E-state index in [0.717, 1.165) is 11.0 Å². The minimum absolute atomic E-state index is 0.0217. The van der Waals surface area contributed by atoms with E-state index in [9.17, 15) is 27.5 Å². The predicted molar refractivity (Wildman–Crippen MR) is 155 cm³/mol. The summed E-state index contributed by atoms with van der Waals surface area (Å²) in [5, 5.41) is 20.6. The Bertz CT molecular complexity index is 1640. The highest BCUT2D eigenvalue weighted by Gasteiger charge is 2.34. The summed E-state index contributed by atoms with van der Waals surface area (Å²) in [4.78, 5) is 19.0. The Morgan fingerprint density at radius 1 is 1.25 bits per heavy atom. The number of fused-ring (bicyclic) bond motifs is 1. The number of aromatic nitrogens is 4. The number of piperidine rings is 1. The van der Waals surface area contributed by atoms with Crippen molar-refractivity contribution >= 4 is 22.5 Å². The van der Waals surface area contributed by atoms with Crippen molar-refractivity contribution in [1.29, 1.82) is 0 Å². The molecule has 1 saturated carbocycles. The molecule has 0 unspecified atom stereocenters. The third kappa shape index (κ3) is 6.46. The summed E-state index contributed by atoms with van der Waals surface area (Å²) < 4.78 is 64.2. The van der Waals surface area contributed by atoms with E-state index in [1.807, 2.05) is 16.5 Å². The van der Waals surface area contributed by atoms with Crippen molar-refractivity contribution in [3.05, 3.63) is 54.2 Å². The molecule has 1 aliphatic heterocycles. The van der Waals surface area contributed by atoms with Gasteiger partial charge in [-0.3, -0.25) is 4.79 Å². The molecule has 0 spiro atoms. The second-order valence-corrected chi connectivity index (χ2v) is 12.2. The van der Waals surface area contributed by atoms with Gasteiger partial charge in [0, 0.05) is 42.6 Å². The second-order valence-electron chi connectivity index (χ2n) is 12.2. The van der Waals surface area contributed by atoms with Crippen LogP contribution in [0.4, 0.5) is 23.2 Å². The zero-order chi connectivity index (χ0) is 31.2. The summed E-state index contributed by atoms with van der Waals surface area (Å²) in [5.41, 5.74) is 0.588. The SMILES string of the molecule is CN1CC[C@@H](Nc2cccc3c2cc(-c2noc(CNC(=O)c4ccn([C@@H]5CC[C@@](C)(O)C5)c4)n2)n3CC(F)(F)F)[C@@H](F)C1. The summed E-state index contributed by atoms with van der Waals surface area (Å²) >= 11 is 0. The Labute approximate surface area is 251 Å². The van der Waals surface area contributed by atoms with Crippen molar-refractivity contribution in [3.63, 3.8) is 0 Å². The molecule has 10 nitrogen and oxygen atoms in total. The smallest absolute Gasteiger partial charge is 0.390 e. The van der Waals surface area contributed by atoms with E-state index >= 15 is 0 Å². The van der Waals surface area contributed by atoms with Gasteiger partial charge in [0.1, 0.15) is 12.7 Å². The fourth-order valence-electron chi connectivity index (χ4n) is 6.27. The highest BCUT2D eigenvalue weighted by Crippen LogP contribution is 2.38. The molecule has 6 rings (SSSR count). The van der Waals surface area contributed by atoms with Crippen LogP contribution in [0.3, 0.4) is 0 Å². The molecule has 4 atom stereocenters. The summed E-state index contributed by atoms with van der Waals surface area (Å²) in [6.07, 6.45) is 0.508. The number of likely N-dealkylation sites (tertiary alicyclic amines) is 1. The van der Waals surface area contributed by atoms with Crippen molar-refractivity contribution in [2.75, 3.05) is 25.5 Å². The maximum absolute atomic E-state index is 14.8. The average molecular weight is 618 g/mol. The van der Waals surface area contributed by atoms with Crippen LogP contribution in [-0.2, 0) is 13.1 Å². The molecule has 3 N–H and O–H groups in total. The first-order chi connectivity index (χ1) is 20.8. The van der Waals surface area contributed by atoms with Gasteiger partial charge >= 0.3 is 6.18 Å². The monoisotopic (exact) mass is 617 g/mol. The zero-order valence-corrected chi connectivity index (χ0v) is 24.4. The van der Waals surface area contributed by atoms with E-state index in [1.165, 1.54) is 0 Å². The third-order valence-electron chi connectivity index (χ3n) is 8.56. The highest BCUT2D eigenvalue weighted by molar-refractivity contribution is 5.96. The number of aliphatic hydroxyl groups is 1. The maximum atomic E-state index is 14.8. The lowest BCUT2D eigenvalue weighted by atomic mass is 10.0. The fourth-order valence-corrected chi connectivity index (χ4v) is 6.27. The molecule has 2 fully saturated rings. The first-order valence-electron chi connectivity index (χ1n) is 14.6. The predicted octanol–water partition coefficient (Wildman–Crippen LogP) is 4.92. The van der Waals surface area contributed by atoms with E-state index in [4.69, 9.17) is 4.52 Å². The van der Waals surface area contributed by atoms with Crippen molar-refractivity contribution in [3.8, 4) is 11.5 Å². The van der Waals surface area contributed by atoms with Gasteiger partial charge in [-0.2, -0.15) is 18.2 Å². The van der Waals surface area contributed by atoms with Gasteiger partial charge in [-0.15, -0.1) is 0 Å². The standard InChI is InChI=1S/C30H35F4N7O3/c1-29(43)9-6-19(13-29)40-11-7-18(15-40)28(42)35-14-26-37-27(38-44-26)25-12-20-22(36-23-8-10-39(2)16-21(23)31)4-3-5-24(20)41(25)17-30(32,33)34/h3-5,7,11-12,15,19,21,23,36,43H,6,8-10,13-14,16-17H2,1-2H3,(H,35,42)/t19-,21+,23-,29-/m1/s1. The number of anilines is 1. The second kappa shape index (κ2) is 11.5. The lowest BCUT2D eigenvalue weighted by molar-refractivity contribution is -0.139. The molecule has 1 aromatic carbocycles. The molecule has 236 valence electrons. The number of carbonyl (C=O) groups is 1. The highest BCUT2D eigenvalue weighted by atomic mass is 19.4. The molecule has 2 aliphatic rings. The Morgan fingerprint density at radius 2 is 2.07 bits per heavy atom. The molecular weight excluding hydrogens is 582 g/mol. The van der Waals surface area contributed by atoms with Crippen LogP contribution >= 0.6 is 0 Å². The number of halogens is 4. The number of nitrogens with one attached hydrogen (secondary N) is 2.